The molecule has 1 aliphatic heterocycles. The summed E-state index contributed by atoms with van der Waals surface area (Å²) in [4.78, 5) is 2.45. The molecule has 90 valence electrons. The van der Waals surface area contributed by atoms with Crippen LogP contribution in [0.25, 0.3) is 0 Å². The highest BCUT2D eigenvalue weighted by Gasteiger charge is 2.30. The van der Waals surface area contributed by atoms with E-state index in [0.717, 1.165) is 17.7 Å². The summed E-state index contributed by atoms with van der Waals surface area (Å²) in [6, 6.07) is 9.59. The Hall–Kier alpha value is -1.49. The zero-order chi connectivity index (χ0) is 12.4. The molecule has 0 aromatic heterocycles. The first-order valence-corrected chi connectivity index (χ1v) is 6.46. The Morgan fingerprint density at radius 3 is 2.82 bits per heavy atom. The van der Waals surface area contributed by atoms with Crippen LogP contribution in [0.5, 0.6) is 0 Å². The maximum atomic E-state index is 9.24. The monoisotopic (exact) mass is 228 g/mol. The van der Waals surface area contributed by atoms with Gasteiger partial charge in [-0.3, -0.25) is 0 Å². The molecule has 1 aromatic carbocycles. The van der Waals surface area contributed by atoms with Gasteiger partial charge in [-0.25, -0.2) is 0 Å². The Morgan fingerprint density at radius 2 is 2.18 bits per heavy atom. The third-order valence-corrected chi connectivity index (χ3v) is 3.81. The molecule has 0 aliphatic carbocycles. The minimum Gasteiger partial charge on any atom is -0.365 e. The summed E-state index contributed by atoms with van der Waals surface area (Å²) in [7, 11) is 0. The van der Waals surface area contributed by atoms with Crippen molar-refractivity contribution >= 4 is 5.69 Å². The Morgan fingerprint density at radius 1 is 1.41 bits per heavy atom. The van der Waals surface area contributed by atoms with E-state index in [4.69, 9.17) is 0 Å². The third kappa shape index (κ3) is 2.15. The zero-order valence-electron chi connectivity index (χ0n) is 10.9. The van der Waals surface area contributed by atoms with Gasteiger partial charge in [-0.2, -0.15) is 5.26 Å². The first-order chi connectivity index (χ1) is 8.17. The van der Waals surface area contributed by atoms with Crippen molar-refractivity contribution < 1.29 is 0 Å². The van der Waals surface area contributed by atoms with Gasteiger partial charge >= 0.3 is 0 Å². The van der Waals surface area contributed by atoms with Gasteiger partial charge in [-0.1, -0.05) is 13.0 Å². The van der Waals surface area contributed by atoms with Crippen LogP contribution in [0.1, 0.15) is 44.2 Å². The van der Waals surface area contributed by atoms with Crippen LogP contribution in [0.4, 0.5) is 5.69 Å². The molecule has 1 aromatic rings. The lowest BCUT2D eigenvalue weighted by Gasteiger charge is -2.31. The molecule has 1 fully saturated rings. The van der Waals surface area contributed by atoms with Crippen LogP contribution in [0, 0.1) is 18.3 Å². The maximum absolute atomic E-state index is 9.24. The van der Waals surface area contributed by atoms with Crippen molar-refractivity contribution in [1.29, 1.82) is 5.26 Å². The summed E-state index contributed by atoms with van der Waals surface area (Å²) in [5, 5.41) is 9.24. The molecule has 17 heavy (non-hydrogen) atoms. The summed E-state index contributed by atoms with van der Waals surface area (Å²) in [5.41, 5.74) is 3.17. The topological polar surface area (TPSA) is 27.0 Å². The van der Waals surface area contributed by atoms with Crippen molar-refractivity contribution in [3.8, 4) is 6.07 Å². The lowest BCUT2D eigenvalue weighted by molar-refractivity contribution is 0.627. The van der Waals surface area contributed by atoms with E-state index in [1.165, 1.54) is 18.4 Å². The number of hydrogen-bond acceptors (Lipinski definition) is 2. The lowest BCUT2D eigenvalue weighted by Crippen LogP contribution is -2.34. The normalized spacial score (nSPS) is 23.8. The average molecular weight is 228 g/mol. The molecule has 2 rings (SSSR count). The van der Waals surface area contributed by atoms with Crippen LogP contribution in [0.15, 0.2) is 18.2 Å². The Labute approximate surface area is 104 Å². The SMILES string of the molecule is CCC1CCC(C)N1c1cc(C)ccc1C#N. The predicted molar refractivity (Wildman–Crippen MR) is 71.1 cm³/mol. The molecule has 0 spiro atoms. The van der Waals surface area contributed by atoms with E-state index in [0.29, 0.717) is 12.1 Å². The van der Waals surface area contributed by atoms with Gasteiger partial charge in [0.15, 0.2) is 0 Å². The molecule has 0 saturated carbocycles. The fourth-order valence-corrected chi connectivity index (χ4v) is 2.86. The minimum atomic E-state index is 0.550. The summed E-state index contributed by atoms with van der Waals surface area (Å²) >= 11 is 0. The fraction of sp³-hybridized carbons (Fsp3) is 0.533. The molecule has 1 aliphatic rings. The van der Waals surface area contributed by atoms with Crippen LogP contribution >= 0.6 is 0 Å². The van der Waals surface area contributed by atoms with E-state index in [1.54, 1.807) is 0 Å². The van der Waals surface area contributed by atoms with Crippen LogP contribution in [-0.2, 0) is 0 Å². The number of nitrogens with zero attached hydrogens (tertiary/aromatic N) is 2. The van der Waals surface area contributed by atoms with E-state index < -0.39 is 0 Å². The molecule has 0 radical (unpaired) electrons. The Bertz CT molecular complexity index is 445. The molecule has 1 saturated heterocycles. The third-order valence-electron chi connectivity index (χ3n) is 3.81. The first kappa shape index (κ1) is 12.0. The molecule has 0 amide bonds. The highest BCUT2D eigenvalue weighted by atomic mass is 15.2. The maximum Gasteiger partial charge on any atom is 0.101 e. The molecule has 2 unspecified atom stereocenters. The van der Waals surface area contributed by atoms with Crippen molar-refractivity contribution in [2.24, 2.45) is 0 Å². The van der Waals surface area contributed by atoms with Gasteiger partial charge in [0.25, 0.3) is 0 Å². The van der Waals surface area contributed by atoms with Gasteiger partial charge in [0.2, 0.25) is 0 Å². The number of nitriles is 1. The molecular weight excluding hydrogens is 208 g/mol. The smallest absolute Gasteiger partial charge is 0.101 e. The van der Waals surface area contributed by atoms with Gasteiger partial charge in [-0.05, 0) is 50.8 Å². The molecule has 1 heterocycles. The van der Waals surface area contributed by atoms with Crippen molar-refractivity contribution in [3.63, 3.8) is 0 Å². The van der Waals surface area contributed by atoms with Crippen LogP contribution in [0.3, 0.4) is 0 Å². The summed E-state index contributed by atoms with van der Waals surface area (Å²) in [6.07, 6.45) is 3.64. The van der Waals surface area contributed by atoms with Crippen LogP contribution in [0.2, 0.25) is 0 Å². The zero-order valence-corrected chi connectivity index (χ0v) is 10.9. The van der Waals surface area contributed by atoms with E-state index >= 15 is 0 Å². The Balaban J connectivity index is 2.44. The number of benzene rings is 1. The van der Waals surface area contributed by atoms with Gasteiger partial charge in [0.05, 0.1) is 11.3 Å². The van der Waals surface area contributed by atoms with Gasteiger partial charge in [0, 0.05) is 12.1 Å². The van der Waals surface area contributed by atoms with Gasteiger partial charge in [0.1, 0.15) is 6.07 Å². The van der Waals surface area contributed by atoms with Crippen LogP contribution < -0.4 is 4.90 Å². The van der Waals surface area contributed by atoms with Crippen molar-refractivity contribution in [2.45, 2.75) is 52.1 Å². The second-order valence-corrected chi connectivity index (χ2v) is 5.03. The highest BCUT2D eigenvalue weighted by molar-refractivity contribution is 5.62. The van der Waals surface area contributed by atoms with Crippen molar-refractivity contribution in [2.75, 3.05) is 4.90 Å². The lowest BCUT2D eigenvalue weighted by atomic mass is 10.1. The molecular formula is C15H20N2. The minimum absolute atomic E-state index is 0.550. The number of rotatable bonds is 2. The Kier molecular flexibility index (Phi) is 3.38. The molecule has 0 N–H and O–H groups in total. The largest absolute Gasteiger partial charge is 0.365 e. The van der Waals surface area contributed by atoms with E-state index in [-0.39, 0.29) is 0 Å². The summed E-state index contributed by atoms with van der Waals surface area (Å²) < 4.78 is 0. The quantitative estimate of drug-likeness (QED) is 0.772. The first-order valence-electron chi connectivity index (χ1n) is 6.46. The second-order valence-electron chi connectivity index (χ2n) is 5.03. The van der Waals surface area contributed by atoms with Crippen molar-refractivity contribution in [1.82, 2.24) is 0 Å². The van der Waals surface area contributed by atoms with Gasteiger partial charge in [-0.15, -0.1) is 0 Å². The molecule has 2 atom stereocenters. The second kappa shape index (κ2) is 4.79. The number of anilines is 1. The average Bonchev–Trinajstić information content (AvgIpc) is 2.70. The summed E-state index contributed by atoms with van der Waals surface area (Å²) in [6.45, 7) is 6.59. The summed E-state index contributed by atoms with van der Waals surface area (Å²) in [5.74, 6) is 0. The molecule has 0 bridgehead atoms. The molecule has 2 nitrogen and oxygen atoms in total. The van der Waals surface area contributed by atoms with Crippen molar-refractivity contribution in [3.05, 3.63) is 29.3 Å². The van der Waals surface area contributed by atoms with E-state index in [9.17, 15) is 5.26 Å². The number of aryl methyl sites for hydroxylation is 1. The fourth-order valence-electron chi connectivity index (χ4n) is 2.86. The van der Waals surface area contributed by atoms with Crippen LogP contribution in [-0.4, -0.2) is 12.1 Å². The van der Waals surface area contributed by atoms with E-state index in [2.05, 4.69) is 37.8 Å². The molecule has 2 heteroatoms. The predicted octanol–water partition coefficient (Wildman–Crippen LogP) is 3.63. The highest BCUT2D eigenvalue weighted by Crippen LogP contribution is 2.34. The number of hydrogen-bond donors (Lipinski definition) is 0. The van der Waals surface area contributed by atoms with Gasteiger partial charge < -0.3 is 4.90 Å². The van der Waals surface area contributed by atoms with E-state index in [1.807, 2.05) is 12.1 Å². The standard InChI is InChI=1S/C15H20N2/c1-4-14-8-6-12(3)17(14)15-9-11(2)5-7-13(15)10-16/h5,7,9,12,14H,4,6,8H2,1-3H3.